The number of epoxide rings is 1. The predicted molar refractivity (Wildman–Crippen MR) is 150 cm³/mol. The molecule has 1 saturated heterocycles. The van der Waals surface area contributed by atoms with E-state index in [0.29, 0.717) is 22.5 Å². The smallest absolute Gasteiger partial charge is 0.371 e. The van der Waals surface area contributed by atoms with Crippen LogP contribution in [0.25, 0.3) is 10.8 Å². The highest BCUT2D eigenvalue weighted by molar-refractivity contribution is 8.03. The van der Waals surface area contributed by atoms with E-state index in [4.69, 9.17) is 13.7 Å². The molecule has 40 heavy (non-hydrogen) atoms. The molecule has 0 radical (unpaired) electrons. The first-order valence-electron chi connectivity index (χ1n) is 13.8. The zero-order valence-electron chi connectivity index (χ0n) is 22.2. The SMILES string of the molecule is O=S(=O)(NS(=O)(=O)C(F)(F)COCC1CO1)Oc1ccc([S+](C2CCCCC2)C2CCCCC2)c2ccccc12. The molecule has 222 valence electrons. The molecule has 1 unspecified atom stereocenters. The molecule has 2 aromatic rings. The van der Waals surface area contributed by atoms with Crippen molar-refractivity contribution in [2.75, 3.05) is 19.8 Å². The Balaban J connectivity index is 1.40. The molecule has 2 aromatic carbocycles. The van der Waals surface area contributed by atoms with E-state index in [2.05, 4.69) is 0 Å². The highest BCUT2D eigenvalue weighted by Crippen LogP contribution is 2.42. The van der Waals surface area contributed by atoms with Crippen molar-refractivity contribution < 1.29 is 39.3 Å². The third kappa shape index (κ3) is 7.09. The van der Waals surface area contributed by atoms with Crippen LogP contribution in [0.5, 0.6) is 5.75 Å². The Hall–Kier alpha value is -1.51. The lowest BCUT2D eigenvalue weighted by Crippen LogP contribution is -2.46. The molecule has 3 fully saturated rings. The first-order valence-corrected chi connectivity index (χ1v) is 18.1. The number of sulfonamides is 1. The van der Waals surface area contributed by atoms with Gasteiger partial charge in [0.1, 0.15) is 23.2 Å². The third-order valence-corrected chi connectivity index (χ3v) is 13.9. The minimum Gasteiger partial charge on any atom is -0.371 e. The standard InChI is InChI=1S/C27H36F2NO7S3/c28-27(29,19-35-17-20-18-36-20)39(31,32)30-40(33,34)37-25-15-16-26(24-14-8-7-13-23(24)25)38(21-9-3-1-4-10-21)22-11-5-2-6-12-22/h7-8,13-16,20-22,30H,1-6,9-12,17-19H2/q+1. The summed E-state index contributed by atoms with van der Waals surface area (Å²) in [5.74, 6) is -0.122. The van der Waals surface area contributed by atoms with Gasteiger partial charge in [-0.3, -0.25) is 0 Å². The van der Waals surface area contributed by atoms with E-state index >= 15 is 0 Å². The average molecular weight is 621 g/mol. The molecule has 0 spiro atoms. The van der Waals surface area contributed by atoms with E-state index in [0.717, 1.165) is 9.51 Å². The lowest BCUT2D eigenvalue weighted by molar-refractivity contribution is -0.0191. The molecule has 13 heteroatoms. The Morgan fingerprint density at radius 2 is 1.45 bits per heavy atom. The van der Waals surface area contributed by atoms with Gasteiger partial charge < -0.3 is 13.7 Å². The van der Waals surface area contributed by atoms with Crippen LogP contribution in [-0.4, -0.2) is 58.5 Å². The molecular formula is C27H36F2NO7S3+. The van der Waals surface area contributed by atoms with Crippen molar-refractivity contribution in [1.82, 2.24) is 4.13 Å². The van der Waals surface area contributed by atoms with Gasteiger partial charge in [-0.2, -0.15) is 17.2 Å². The van der Waals surface area contributed by atoms with E-state index in [9.17, 15) is 25.6 Å². The average Bonchev–Trinajstić information content (AvgIpc) is 3.75. The molecule has 1 atom stereocenters. The number of rotatable bonds is 12. The first kappa shape index (κ1) is 30.0. The fraction of sp³-hybridized carbons (Fsp3) is 0.630. The maximum atomic E-state index is 14.4. The zero-order chi connectivity index (χ0) is 28.4. The van der Waals surface area contributed by atoms with Crippen molar-refractivity contribution in [3.05, 3.63) is 36.4 Å². The molecule has 1 aliphatic heterocycles. The number of alkyl halides is 2. The summed E-state index contributed by atoms with van der Waals surface area (Å²) in [6.07, 6.45) is 11.7. The molecule has 2 aliphatic carbocycles. The summed E-state index contributed by atoms with van der Waals surface area (Å²) in [4.78, 5) is 1.17. The zero-order valence-corrected chi connectivity index (χ0v) is 24.7. The normalized spacial score (nSPS) is 21.6. The molecule has 0 aromatic heterocycles. The van der Waals surface area contributed by atoms with Crippen LogP contribution in [0.4, 0.5) is 8.78 Å². The summed E-state index contributed by atoms with van der Waals surface area (Å²) < 4.78 is 94.4. The van der Waals surface area contributed by atoms with Crippen molar-refractivity contribution in [2.24, 2.45) is 0 Å². The maximum absolute atomic E-state index is 14.4. The lowest BCUT2D eigenvalue weighted by Gasteiger charge is -2.30. The molecule has 8 nitrogen and oxygen atoms in total. The Morgan fingerprint density at radius 3 is 2.02 bits per heavy atom. The van der Waals surface area contributed by atoms with Crippen LogP contribution in [0.3, 0.4) is 0 Å². The van der Waals surface area contributed by atoms with E-state index < -0.39 is 32.2 Å². The summed E-state index contributed by atoms with van der Waals surface area (Å²) >= 11 is 0. The fourth-order valence-corrected chi connectivity index (χ4v) is 11.6. The van der Waals surface area contributed by atoms with E-state index in [1.54, 1.807) is 12.1 Å². The molecule has 0 amide bonds. The van der Waals surface area contributed by atoms with Gasteiger partial charge in [0.2, 0.25) is 0 Å². The summed E-state index contributed by atoms with van der Waals surface area (Å²) in [5, 5.41) is -2.03. The molecule has 0 bridgehead atoms. The van der Waals surface area contributed by atoms with E-state index in [1.165, 1.54) is 75.2 Å². The van der Waals surface area contributed by atoms with Crippen molar-refractivity contribution in [1.29, 1.82) is 0 Å². The summed E-state index contributed by atoms with van der Waals surface area (Å²) in [6.45, 7) is -1.38. The number of ether oxygens (including phenoxy) is 2. The molecule has 1 N–H and O–H groups in total. The molecule has 3 aliphatic rings. The van der Waals surface area contributed by atoms with Gasteiger partial charge in [-0.1, -0.05) is 35.2 Å². The van der Waals surface area contributed by atoms with Crippen LogP contribution in [-0.2, 0) is 40.7 Å². The van der Waals surface area contributed by atoms with Crippen LogP contribution >= 0.6 is 0 Å². The highest BCUT2D eigenvalue weighted by Gasteiger charge is 2.49. The molecule has 1 heterocycles. The Bertz CT molecular complexity index is 1370. The van der Waals surface area contributed by atoms with Gasteiger partial charge in [0.05, 0.1) is 13.2 Å². The monoisotopic (exact) mass is 620 g/mol. The number of fused-ring (bicyclic) bond motifs is 1. The van der Waals surface area contributed by atoms with Gasteiger partial charge in [-0.15, -0.1) is 0 Å². The van der Waals surface area contributed by atoms with Gasteiger partial charge in [0, 0.05) is 21.7 Å². The van der Waals surface area contributed by atoms with Crippen molar-refractivity contribution >= 4 is 42.0 Å². The molecule has 2 saturated carbocycles. The second-order valence-corrected chi connectivity index (χ2v) is 16.6. The van der Waals surface area contributed by atoms with Gasteiger partial charge in [-0.05, 0) is 69.6 Å². The Morgan fingerprint density at radius 1 is 0.875 bits per heavy atom. The largest absolute Gasteiger partial charge is 0.396 e. The van der Waals surface area contributed by atoms with Crippen molar-refractivity contribution in [3.8, 4) is 5.75 Å². The van der Waals surface area contributed by atoms with Crippen LogP contribution in [0.15, 0.2) is 41.3 Å². The van der Waals surface area contributed by atoms with Gasteiger partial charge >= 0.3 is 15.6 Å². The Labute approximate surface area is 237 Å². The predicted octanol–water partition coefficient (Wildman–Crippen LogP) is 5.03. The molecular weight excluding hydrogens is 584 g/mol. The minimum absolute atomic E-state index is 0.0353. The lowest BCUT2D eigenvalue weighted by atomic mass is 10.00. The van der Waals surface area contributed by atoms with E-state index in [1.807, 2.05) is 18.2 Å². The highest BCUT2D eigenvalue weighted by atomic mass is 32.3. The third-order valence-electron chi connectivity index (χ3n) is 7.70. The number of nitrogens with one attached hydrogen (secondary N) is 1. The van der Waals surface area contributed by atoms with Gasteiger partial charge in [-0.25, -0.2) is 8.42 Å². The summed E-state index contributed by atoms with van der Waals surface area (Å²) in [6, 6.07) is 10.7. The van der Waals surface area contributed by atoms with Crippen LogP contribution in [0.1, 0.15) is 64.2 Å². The van der Waals surface area contributed by atoms with Gasteiger partial charge in [0.25, 0.3) is 10.0 Å². The second-order valence-electron chi connectivity index (χ2n) is 10.7. The summed E-state index contributed by atoms with van der Waals surface area (Å²) in [5.41, 5.74) is 0. The quantitative estimate of drug-likeness (QED) is 0.262. The second kappa shape index (κ2) is 12.4. The number of benzene rings is 2. The molecule has 5 rings (SSSR count). The Kier molecular flexibility index (Phi) is 9.28. The first-order chi connectivity index (χ1) is 19.1. The van der Waals surface area contributed by atoms with Gasteiger partial charge in [0.15, 0.2) is 10.6 Å². The van der Waals surface area contributed by atoms with Crippen LogP contribution < -0.4 is 8.31 Å². The number of hydrogen-bond donors (Lipinski definition) is 1. The van der Waals surface area contributed by atoms with E-state index in [-0.39, 0.29) is 29.4 Å². The number of halogens is 2. The number of hydrogen-bond acceptors (Lipinski definition) is 7. The van der Waals surface area contributed by atoms with Crippen LogP contribution in [0.2, 0.25) is 0 Å². The maximum Gasteiger partial charge on any atom is 0.396 e. The van der Waals surface area contributed by atoms with Crippen LogP contribution in [0, 0.1) is 0 Å². The summed E-state index contributed by atoms with van der Waals surface area (Å²) in [7, 11) is -10.9. The van der Waals surface area contributed by atoms with Crippen molar-refractivity contribution in [2.45, 2.75) is 91.0 Å². The minimum atomic E-state index is -5.68. The topological polar surface area (TPSA) is 111 Å². The fourth-order valence-electron chi connectivity index (χ4n) is 5.67. The van der Waals surface area contributed by atoms with Crippen molar-refractivity contribution in [3.63, 3.8) is 0 Å².